The quantitative estimate of drug-likeness (QED) is 0.732. The molecule has 1 amide bonds. The molecule has 0 spiro atoms. The number of rotatable bonds is 9. The number of ether oxygens (including phenoxy) is 1. The van der Waals surface area contributed by atoms with Crippen molar-refractivity contribution in [3.63, 3.8) is 0 Å². The molecule has 0 saturated heterocycles. The predicted molar refractivity (Wildman–Crippen MR) is 80.4 cm³/mol. The zero-order valence-corrected chi connectivity index (χ0v) is 12.6. The van der Waals surface area contributed by atoms with Gasteiger partial charge in [-0.1, -0.05) is 19.1 Å². The van der Waals surface area contributed by atoms with Crippen molar-refractivity contribution in [2.45, 2.75) is 32.6 Å². The maximum atomic E-state index is 11.8. The van der Waals surface area contributed by atoms with Crippen molar-refractivity contribution >= 4 is 11.9 Å². The van der Waals surface area contributed by atoms with Gasteiger partial charge in [0.05, 0.1) is 7.11 Å². The van der Waals surface area contributed by atoms with Crippen LogP contribution in [0.1, 0.15) is 31.7 Å². The summed E-state index contributed by atoms with van der Waals surface area (Å²) in [5, 5.41) is 11.4. The van der Waals surface area contributed by atoms with Crippen molar-refractivity contribution in [1.29, 1.82) is 0 Å². The first-order valence-corrected chi connectivity index (χ1v) is 7.12. The zero-order valence-electron chi connectivity index (χ0n) is 12.6. The number of benzene rings is 1. The second-order valence-electron chi connectivity index (χ2n) is 5.19. The third-order valence-corrected chi connectivity index (χ3v) is 3.27. The molecule has 1 atom stereocenters. The maximum absolute atomic E-state index is 11.8. The average Bonchev–Trinajstić information content (AvgIpc) is 2.49. The minimum absolute atomic E-state index is 0.0139. The molecule has 0 saturated carbocycles. The number of carboxylic acid groups (broad SMARTS) is 1. The number of methoxy groups -OCH3 is 1. The highest BCUT2D eigenvalue weighted by atomic mass is 16.5. The molecule has 2 N–H and O–H groups in total. The van der Waals surface area contributed by atoms with Gasteiger partial charge in [0.15, 0.2) is 0 Å². The highest BCUT2D eigenvalue weighted by Crippen LogP contribution is 2.13. The van der Waals surface area contributed by atoms with Gasteiger partial charge in [0.25, 0.3) is 0 Å². The van der Waals surface area contributed by atoms with Crippen molar-refractivity contribution in [1.82, 2.24) is 5.32 Å². The molecule has 116 valence electrons. The summed E-state index contributed by atoms with van der Waals surface area (Å²) in [6.07, 6.45) is 1.79. The third-order valence-electron chi connectivity index (χ3n) is 3.27. The second-order valence-corrected chi connectivity index (χ2v) is 5.19. The fourth-order valence-electron chi connectivity index (χ4n) is 1.93. The molecule has 21 heavy (non-hydrogen) atoms. The largest absolute Gasteiger partial charge is 0.497 e. The molecule has 1 rings (SSSR count). The lowest BCUT2D eigenvalue weighted by molar-refractivity contribution is -0.137. The molecule has 1 unspecified atom stereocenters. The Morgan fingerprint density at radius 2 is 2.10 bits per heavy atom. The van der Waals surface area contributed by atoms with E-state index in [1.165, 1.54) is 0 Å². The Kier molecular flexibility index (Phi) is 7.29. The van der Waals surface area contributed by atoms with Gasteiger partial charge in [0, 0.05) is 19.4 Å². The Labute approximate surface area is 125 Å². The second kappa shape index (κ2) is 9.00. The Morgan fingerprint density at radius 3 is 2.76 bits per heavy atom. The van der Waals surface area contributed by atoms with Gasteiger partial charge in [-0.15, -0.1) is 0 Å². The van der Waals surface area contributed by atoms with Crippen LogP contribution in [-0.4, -0.2) is 30.6 Å². The number of aliphatic carboxylic acids is 1. The standard InChI is InChI=1S/C16H23NO4/c1-12(6-9-16(19)20)11-17-15(18)8-7-13-4-3-5-14(10-13)21-2/h3-5,10,12H,6-9,11H2,1-2H3,(H,17,18)(H,19,20). The van der Waals surface area contributed by atoms with E-state index < -0.39 is 5.97 Å². The number of hydrogen-bond acceptors (Lipinski definition) is 3. The van der Waals surface area contributed by atoms with Crippen molar-refractivity contribution < 1.29 is 19.4 Å². The van der Waals surface area contributed by atoms with E-state index in [-0.39, 0.29) is 18.2 Å². The molecule has 0 aliphatic heterocycles. The molecule has 0 bridgehead atoms. The number of hydrogen-bond donors (Lipinski definition) is 2. The van der Waals surface area contributed by atoms with Crippen LogP contribution in [-0.2, 0) is 16.0 Å². The highest BCUT2D eigenvalue weighted by molar-refractivity contribution is 5.76. The first-order valence-electron chi connectivity index (χ1n) is 7.12. The molecule has 0 aliphatic rings. The first kappa shape index (κ1) is 17.0. The monoisotopic (exact) mass is 293 g/mol. The van der Waals surface area contributed by atoms with E-state index in [4.69, 9.17) is 9.84 Å². The van der Waals surface area contributed by atoms with Crippen molar-refractivity contribution in [2.24, 2.45) is 5.92 Å². The normalized spacial score (nSPS) is 11.7. The van der Waals surface area contributed by atoms with Gasteiger partial charge in [-0.3, -0.25) is 9.59 Å². The van der Waals surface area contributed by atoms with Crippen molar-refractivity contribution in [3.05, 3.63) is 29.8 Å². The summed E-state index contributed by atoms with van der Waals surface area (Å²) >= 11 is 0. The summed E-state index contributed by atoms with van der Waals surface area (Å²) in [6.45, 7) is 2.45. The van der Waals surface area contributed by atoms with E-state index in [0.717, 1.165) is 11.3 Å². The van der Waals surface area contributed by atoms with Gasteiger partial charge in [-0.2, -0.15) is 0 Å². The van der Waals surface area contributed by atoms with Gasteiger partial charge < -0.3 is 15.2 Å². The Balaban J connectivity index is 2.25. The van der Waals surface area contributed by atoms with Crippen LogP contribution in [0.25, 0.3) is 0 Å². The smallest absolute Gasteiger partial charge is 0.303 e. The molecule has 1 aromatic carbocycles. The van der Waals surface area contributed by atoms with Crippen LogP contribution >= 0.6 is 0 Å². The maximum Gasteiger partial charge on any atom is 0.303 e. The van der Waals surface area contributed by atoms with Crippen LogP contribution in [0.4, 0.5) is 0 Å². The van der Waals surface area contributed by atoms with E-state index in [9.17, 15) is 9.59 Å². The molecule has 0 aromatic heterocycles. The van der Waals surface area contributed by atoms with Crippen LogP contribution in [0.15, 0.2) is 24.3 Å². The minimum atomic E-state index is -0.800. The fourth-order valence-corrected chi connectivity index (χ4v) is 1.93. The van der Waals surface area contributed by atoms with Gasteiger partial charge >= 0.3 is 5.97 Å². The summed E-state index contributed by atoms with van der Waals surface area (Å²) in [5.74, 6) is 0.142. The summed E-state index contributed by atoms with van der Waals surface area (Å²) in [5.41, 5.74) is 1.06. The van der Waals surface area contributed by atoms with E-state index in [1.807, 2.05) is 31.2 Å². The molecular formula is C16H23NO4. The van der Waals surface area contributed by atoms with Gasteiger partial charge in [0.2, 0.25) is 5.91 Å². The molecule has 0 heterocycles. The summed E-state index contributed by atoms with van der Waals surface area (Å²) in [7, 11) is 1.62. The molecule has 1 aromatic rings. The number of nitrogens with one attached hydrogen (secondary N) is 1. The molecule has 0 radical (unpaired) electrons. The van der Waals surface area contributed by atoms with Gasteiger partial charge in [-0.05, 0) is 36.5 Å². The SMILES string of the molecule is COc1cccc(CCC(=O)NCC(C)CCC(=O)O)c1. The van der Waals surface area contributed by atoms with Crippen LogP contribution in [0.2, 0.25) is 0 Å². The van der Waals surface area contributed by atoms with Crippen LogP contribution in [0.5, 0.6) is 5.75 Å². The molecule has 0 fully saturated rings. The molecule has 5 nitrogen and oxygen atoms in total. The van der Waals surface area contributed by atoms with Gasteiger partial charge in [-0.25, -0.2) is 0 Å². The van der Waals surface area contributed by atoms with Crippen molar-refractivity contribution in [3.8, 4) is 5.75 Å². The number of amides is 1. The third kappa shape index (κ3) is 7.34. The lowest BCUT2D eigenvalue weighted by Gasteiger charge is -2.11. The first-order chi connectivity index (χ1) is 10.0. The van der Waals surface area contributed by atoms with E-state index in [2.05, 4.69) is 5.32 Å². The lowest BCUT2D eigenvalue weighted by atomic mass is 10.1. The topological polar surface area (TPSA) is 75.6 Å². The molecule has 0 aliphatic carbocycles. The van der Waals surface area contributed by atoms with Gasteiger partial charge in [0.1, 0.15) is 5.75 Å². The lowest BCUT2D eigenvalue weighted by Crippen LogP contribution is -2.28. The average molecular weight is 293 g/mol. The fraction of sp³-hybridized carbons (Fsp3) is 0.500. The Bertz CT molecular complexity index is 473. The van der Waals surface area contributed by atoms with Crippen LogP contribution in [0.3, 0.4) is 0 Å². The van der Waals surface area contributed by atoms with E-state index in [1.54, 1.807) is 7.11 Å². The van der Waals surface area contributed by atoms with Crippen LogP contribution in [0, 0.1) is 5.92 Å². The van der Waals surface area contributed by atoms with E-state index in [0.29, 0.717) is 25.8 Å². The summed E-state index contributed by atoms with van der Waals surface area (Å²) in [4.78, 5) is 22.2. The predicted octanol–water partition coefficient (Wildman–Crippen LogP) is 2.24. The van der Waals surface area contributed by atoms with Crippen molar-refractivity contribution in [2.75, 3.05) is 13.7 Å². The number of carbonyl (C=O) groups is 2. The highest BCUT2D eigenvalue weighted by Gasteiger charge is 2.08. The molecular weight excluding hydrogens is 270 g/mol. The Hall–Kier alpha value is -2.04. The summed E-state index contributed by atoms with van der Waals surface area (Å²) < 4.78 is 5.14. The summed E-state index contributed by atoms with van der Waals surface area (Å²) in [6, 6.07) is 7.65. The van der Waals surface area contributed by atoms with E-state index >= 15 is 0 Å². The number of aryl methyl sites for hydroxylation is 1. The minimum Gasteiger partial charge on any atom is -0.497 e. The molecule has 5 heteroatoms. The zero-order chi connectivity index (χ0) is 15.7. The number of carboxylic acids is 1. The van der Waals surface area contributed by atoms with Crippen LogP contribution < -0.4 is 10.1 Å². The number of carbonyl (C=O) groups excluding carboxylic acids is 1. The Morgan fingerprint density at radius 1 is 1.33 bits per heavy atom.